The van der Waals surface area contributed by atoms with E-state index in [0.29, 0.717) is 28.2 Å². The predicted octanol–water partition coefficient (Wildman–Crippen LogP) is 3.09. The number of carbonyl (C=O) groups excluding carboxylic acids is 2. The van der Waals surface area contributed by atoms with E-state index in [1.807, 2.05) is 43.5 Å². The first-order chi connectivity index (χ1) is 12.4. The van der Waals surface area contributed by atoms with Crippen LogP contribution in [0.15, 0.2) is 35.3 Å². The third-order valence-electron chi connectivity index (χ3n) is 3.96. The predicted molar refractivity (Wildman–Crippen MR) is 108 cm³/mol. The number of carbonyl (C=O) groups is 2. The van der Waals surface area contributed by atoms with Crippen molar-refractivity contribution in [3.8, 4) is 0 Å². The van der Waals surface area contributed by atoms with Gasteiger partial charge in [-0.1, -0.05) is 18.2 Å². The van der Waals surface area contributed by atoms with E-state index in [-0.39, 0.29) is 11.8 Å². The molecule has 0 spiro atoms. The molecule has 2 amide bonds. The van der Waals surface area contributed by atoms with Crippen molar-refractivity contribution in [2.75, 3.05) is 16.3 Å². The Hall–Kier alpha value is -2.58. The lowest BCUT2D eigenvalue weighted by Crippen LogP contribution is -2.30. The van der Waals surface area contributed by atoms with Gasteiger partial charge in [0.1, 0.15) is 5.70 Å². The fourth-order valence-corrected chi connectivity index (χ4v) is 3.86. The van der Waals surface area contributed by atoms with Crippen LogP contribution < -0.4 is 15.1 Å². The summed E-state index contributed by atoms with van der Waals surface area (Å²) in [6, 6.07) is 7.57. The Morgan fingerprint density at radius 3 is 2.81 bits per heavy atom. The molecule has 8 heteroatoms. The largest absolute Gasteiger partial charge is 0.327 e. The van der Waals surface area contributed by atoms with Gasteiger partial charge in [0.15, 0.2) is 10.2 Å². The molecule has 0 radical (unpaired) electrons. The van der Waals surface area contributed by atoms with Crippen LogP contribution in [0.3, 0.4) is 0 Å². The average molecular weight is 387 g/mol. The van der Waals surface area contributed by atoms with Crippen molar-refractivity contribution < 1.29 is 9.59 Å². The number of aromatic nitrogens is 1. The topological polar surface area (TPSA) is 65.5 Å². The second-order valence-corrected chi connectivity index (χ2v) is 6.96. The van der Waals surface area contributed by atoms with Gasteiger partial charge < -0.3 is 5.32 Å². The van der Waals surface area contributed by atoms with Crippen molar-refractivity contribution in [3.05, 3.63) is 46.6 Å². The molecule has 1 aromatic heterocycles. The molecular formula is C18H18N4O2S2. The number of benzene rings is 1. The summed E-state index contributed by atoms with van der Waals surface area (Å²) in [7, 11) is 0. The molecule has 1 fully saturated rings. The molecule has 1 aromatic carbocycles. The van der Waals surface area contributed by atoms with Crippen molar-refractivity contribution >= 4 is 57.4 Å². The van der Waals surface area contributed by atoms with Crippen molar-refractivity contribution in [1.82, 2.24) is 10.3 Å². The zero-order chi connectivity index (χ0) is 18.8. The van der Waals surface area contributed by atoms with Gasteiger partial charge in [-0.2, -0.15) is 0 Å². The number of thiazole rings is 1. The fourth-order valence-electron chi connectivity index (χ4n) is 2.68. The van der Waals surface area contributed by atoms with Crippen LogP contribution in [0.2, 0.25) is 0 Å². The lowest BCUT2D eigenvalue weighted by atomic mass is 10.2. The molecule has 2 aromatic rings. The highest BCUT2D eigenvalue weighted by molar-refractivity contribution is 7.80. The summed E-state index contributed by atoms with van der Waals surface area (Å²) in [6.07, 6.45) is 1.65. The van der Waals surface area contributed by atoms with Gasteiger partial charge >= 0.3 is 0 Å². The van der Waals surface area contributed by atoms with Gasteiger partial charge in [-0.05, 0) is 43.8 Å². The average Bonchev–Trinajstić information content (AvgIpc) is 3.14. The van der Waals surface area contributed by atoms with Gasteiger partial charge in [-0.25, -0.2) is 4.98 Å². The monoisotopic (exact) mass is 386 g/mol. The van der Waals surface area contributed by atoms with Crippen LogP contribution in [-0.4, -0.2) is 28.5 Å². The van der Waals surface area contributed by atoms with Crippen LogP contribution >= 0.6 is 23.6 Å². The summed E-state index contributed by atoms with van der Waals surface area (Å²) >= 11 is 6.69. The molecule has 0 aliphatic carbocycles. The van der Waals surface area contributed by atoms with Gasteiger partial charge in [-0.15, -0.1) is 11.3 Å². The van der Waals surface area contributed by atoms with Crippen molar-refractivity contribution in [3.63, 3.8) is 0 Å². The Labute approximate surface area is 161 Å². The summed E-state index contributed by atoms with van der Waals surface area (Å²) in [5, 5.41) is 5.71. The third kappa shape index (κ3) is 3.38. The van der Waals surface area contributed by atoms with Crippen molar-refractivity contribution in [1.29, 1.82) is 0 Å². The smallest absolute Gasteiger partial charge is 0.281 e. The zero-order valence-electron chi connectivity index (χ0n) is 14.6. The van der Waals surface area contributed by atoms with Crippen LogP contribution in [0.5, 0.6) is 0 Å². The molecule has 0 atom stereocenters. The molecule has 0 saturated carbocycles. The molecule has 1 aliphatic rings. The molecule has 2 heterocycles. The minimum atomic E-state index is -0.224. The number of para-hydroxylation sites is 1. The summed E-state index contributed by atoms with van der Waals surface area (Å²) < 4.78 is 0. The molecule has 26 heavy (non-hydrogen) atoms. The van der Waals surface area contributed by atoms with Gasteiger partial charge in [0.05, 0.1) is 11.4 Å². The highest BCUT2D eigenvalue weighted by atomic mass is 32.1. The molecule has 134 valence electrons. The fraction of sp³-hybridized carbons (Fsp3) is 0.222. The second-order valence-electron chi connectivity index (χ2n) is 5.73. The maximum absolute atomic E-state index is 12.8. The number of rotatable bonds is 4. The number of thiocarbonyl (C=S) groups is 1. The van der Waals surface area contributed by atoms with E-state index in [0.717, 1.165) is 11.3 Å². The lowest BCUT2D eigenvalue weighted by molar-refractivity contribution is -0.116. The minimum absolute atomic E-state index is 0.0666. The van der Waals surface area contributed by atoms with Crippen LogP contribution in [-0.2, 0) is 9.59 Å². The van der Waals surface area contributed by atoms with Crippen LogP contribution in [0.4, 0.5) is 10.8 Å². The molecule has 6 nitrogen and oxygen atoms in total. The Bertz CT molecular complexity index is 919. The maximum Gasteiger partial charge on any atom is 0.281 e. The summed E-state index contributed by atoms with van der Waals surface area (Å²) in [5.41, 5.74) is 2.68. The van der Waals surface area contributed by atoms with Gasteiger partial charge in [0.25, 0.3) is 5.91 Å². The molecular weight excluding hydrogens is 368 g/mol. The molecule has 1 aliphatic heterocycles. The Morgan fingerprint density at radius 2 is 2.15 bits per heavy atom. The van der Waals surface area contributed by atoms with Crippen molar-refractivity contribution in [2.45, 2.75) is 20.8 Å². The van der Waals surface area contributed by atoms with E-state index >= 15 is 0 Å². The van der Waals surface area contributed by atoms with Gasteiger partial charge in [0, 0.05) is 18.8 Å². The highest BCUT2D eigenvalue weighted by Crippen LogP contribution is 2.27. The van der Waals surface area contributed by atoms with E-state index < -0.39 is 0 Å². The molecule has 1 N–H and O–H groups in total. The highest BCUT2D eigenvalue weighted by Gasteiger charge is 2.32. The van der Waals surface area contributed by atoms with Crippen LogP contribution in [0.1, 0.15) is 25.1 Å². The number of hydrogen-bond donors (Lipinski definition) is 1. The standard InChI is InChI=1S/C18H18N4O2S2/c1-4-21(12(3)23)18-19-13(10-26-18)9-14-16(24)22(17(25)20-14)15-8-6-5-7-11(15)2/h5-10H,4H2,1-3H3,(H,20,25)/b14-9-. The summed E-state index contributed by atoms with van der Waals surface area (Å²) in [5.74, 6) is -0.291. The SMILES string of the molecule is CCN(C(C)=O)c1nc(/C=C2\NC(=S)N(c3ccccc3C)C2=O)cs1. The number of hydrogen-bond acceptors (Lipinski definition) is 5. The summed E-state index contributed by atoms with van der Waals surface area (Å²) in [6.45, 7) is 5.87. The van der Waals surface area contributed by atoms with E-state index in [2.05, 4.69) is 10.3 Å². The van der Waals surface area contributed by atoms with Crippen molar-refractivity contribution in [2.24, 2.45) is 0 Å². The Morgan fingerprint density at radius 1 is 1.42 bits per heavy atom. The first-order valence-electron chi connectivity index (χ1n) is 8.08. The van der Waals surface area contributed by atoms with E-state index in [4.69, 9.17) is 12.2 Å². The lowest BCUT2D eigenvalue weighted by Gasteiger charge is -2.16. The number of aryl methyl sites for hydroxylation is 1. The Kier molecular flexibility index (Phi) is 5.15. The normalized spacial score (nSPS) is 15.5. The maximum atomic E-state index is 12.8. The number of nitrogens with one attached hydrogen (secondary N) is 1. The van der Waals surface area contributed by atoms with Crippen LogP contribution in [0.25, 0.3) is 6.08 Å². The first kappa shape index (κ1) is 18.2. The van der Waals surface area contributed by atoms with Gasteiger partial charge in [-0.3, -0.25) is 19.4 Å². The molecule has 0 bridgehead atoms. The second kappa shape index (κ2) is 7.35. The third-order valence-corrected chi connectivity index (χ3v) is 5.13. The molecule has 3 rings (SSSR count). The number of nitrogens with zero attached hydrogens (tertiary/aromatic N) is 3. The first-order valence-corrected chi connectivity index (χ1v) is 9.37. The number of amides is 2. The molecule has 1 saturated heterocycles. The zero-order valence-corrected chi connectivity index (χ0v) is 16.3. The van der Waals surface area contributed by atoms with Crippen LogP contribution in [0, 0.1) is 6.92 Å². The van der Waals surface area contributed by atoms with E-state index in [9.17, 15) is 9.59 Å². The Balaban J connectivity index is 1.88. The number of anilines is 2. The van der Waals surface area contributed by atoms with E-state index in [1.165, 1.54) is 23.2 Å². The molecule has 0 unspecified atom stereocenters. The van der Waals surface area contributed by atoms with Gasteiger partial charge in [0.2, 0.25) is 5.91 Å². The summed E-state index contributed by atoms with van der Waals surface area (Å²) in [4.78, 5) is 31.9. The minimum Gasteiger partial charge on any atom is -0.327 e. The van der Waals surface area contributed by atoms with E-state index in [1.54, 1.807) is 11.0 Å². The quantitative estimate of drug-likeness (QED) is 0.646.